The fourth-order valence-electron chi connectivity index (χ4n) is 3.46. The summed E-state index contributed by atoms with van der Waals surface area (Å²) in [6.07, 6.45) is -1.65. The molecule has 0 spiro atoms. The molecule has 8 heteroatoms. The lowest BCUT2D eigenvalue weighted by atomic mass is 9.84. The highest BCUT2D eigenvalue weighted by molar-refractivity contribution is 6.08. The van der Waals surface area contributed by atoms with Crippen LogP contribution in [-0.2, 0) is 10.3 Å². The molecule has 5 nitrogen and oxygen atoms in total. The van der Waals surface area contributed by atoms with Gasteiger partial charge in [-0.3, -0.25) is 14.7 Å². The third kappa shape index (κ3) is 3.10. The minimum absolute atomic E-state index is 0.00748. The molecule has 1 aliphatic heterocycles. The molecular formula is C22H17F3N4O. The number of amides is 1. The highest BCUT2D eigenvalue weighted by Crippen LogP contribution is 2.40. The van der Waals surface area contributed by atoms with Crippen LogP contribution in [0.15, 0.2) is 71.9 Å². The van der Waals surface area contributed by atoms with E-state index in [2.05, 4.69) is 9.98 Å². The first kappa shape index (κ1) is 19.6. The standard InChI is InChI=1S/C22H17F3N4O/c1-29-20(30)22(28-21(29)26,18-10-7-15(12-27-18)19(24)25)16-4-2-3-14(11-16)13-5-8-17(23)9-6-13/h2-12,19H,1H3,(H2,26,28). The highest BCUT2D eigenvalue weighted by Gasteiger charge is 2.50. The van der Waals surface area contributed by atoms with E-state index in [1.807, 2.05) is 6.07 Å². The van der Waals surface area contributed by atoms with E-state index in [9.17, 15) is 18.0 Å². The number of carbonyl (C=O) groups is 1. The smallest absolute Gasteiger partial charge is 0.267 e. The van der Waals surface area contributed by atoms with Gasteiger partial charge in [0.2, 0.25) is 5.54 Å². The highest BCUT2D eigenvalue weighted by atomic mass is 19.3. The molecule has 0 saturated carbocycles. The lowest BCUT2D eigenvalue weighted by Gasteiger charge is -2.25. The van der Waals surface area contributed by atoms with Crippen LogP contribution in [0, 0.1) is 5.82 Å². The Morgan fingerprint density at radius 2 is 1.77 bits per heavy atom. The molecule has 2 aromatic carbocycles. The third-order valence-electron chi connectivity index (χ3n) is 5.11. The van der Waals surface area contributed by atoms with E-state index in [1.165, 1.54) is 36.2 Å². The number of guanidine groups is 1. The van der Waals surface area contributed by atoms with Crippen LogP contribution in [0.2, 0.25) is 0 Å². The number of hydrogen-bond donors (Lipinski definition) is 1. The lowest BCUT2D eigenvalue weighted by Crippen LogP contribution is -2.41. The number of likely N-dealkylation sites (N-methyl/N-ethyl adjacent to an activating group) is 1. The summed E-state index contributed by atoms with van der Waals surface area (Å²) >= 11 is 0. The van der Waals surface area contributed by atoms with Crippen molar-refractivity contribution in [3.8, 4) is 11.1 Å². The molecule has 1 unspecified atom stereocenters. The van der Waals surface area contributed by atoms with Crippen LogP contribution in [0.5, 0.6) is 0 Å². The Kier molecular flexibility index (Phi) is 4.77. The molecule has 0 radical (unpaired) electrons. The molecule has 1 amide bonds. The molecule has 3 aromatic rings. The largest absolute Gasteiger partial charge is 0.369 e. The molecule has 1 aliphatic rings. The molecule has 2 heterocycles. The number of rotatable bonds is 4. The molecule has 152 valence electrons. The summed E-state index contributed by atoms with van der Waals surface area (Å²) in [5.74, 6) is -0.819. The average molecular weight is 410 g/mol. The van der Waals surface area contributed by atoms with Gasteiger partial charge in [-0.1, -0.05) is 30.3 Å². The zero-order valence-electron chi connectivity index (χ0n) is 15.9. The van der Waals surface area contributed by atoms with E-state index in [0.29, 0.717) is 5.56 Å². The van der Waals surface area contributed by atoms with Crippen LogP contribution in [0.1, 0.15) is 23.2 Å². The zero-order chi connectivity index (χ0) is 21.5. The number of hydrogen-bond acceptors (Lipinski definition) is 4. The van der Waals surface area contributed by atoms with Crippen LogP contribution in [0.25, 0.3) is 11.1 Å². The second-order valence-corrected chi connectivity index (χ2v) is 6.91. The fraction of sp³-hybridized carbons (Fsp3) is 0.136. The molecule has 0 bridgehead atoms. The van der Waals surface area contributed by atoms with Crippen LogP contribution < -0.4 is 5.73 Å². The topological polar surface area (TPSA) is 71.6 Å². The first-order chi connectivity index (χ1) is 14.3. The molecular weight excluding hydrogens is 393 g/mol. The van der Waals surface area contributed by atoms with Gasteiger partial charge in [-0.05, 0) is 47.0 Å². The molecule has 1 atom stereocenters. The number of aliphatic imine (C=N–C) groups is 1. The van der Waals surface area contributed by atoms with Crippen molar-refractivity contribution in [1.29, 1.82) is 0 Å². The lowest BCUT2D eigenvalue weighted by molar-refractivity contribution is -0.129. The molecule has 0 saturated heterocycles. The van der Waals surface area contributed by atoms with Crippen LogP contribution in [0.3, 0.4) is 0 Å². The van der Waals surface area contributed by atoms with Crippen molar-refractivity contribution in [3.63, 3.8) is 0 Å². The number of carbonyl (C=O) groups excluding carboxylic acids is 1. The first-order valence-electron chi connectivity index (χ1n) is 9.07. The monoisotopic (exact) mass is 410 g/mol. The van der Waals surface area contributed by atoms with Gasteiger partial charge in [0, 0.05) is 18.8 Å². The van der Waals surface area contributed by atoms with Crippen molar-refractivity contribution in [2.45, 2.75) is 12.0 Å². The van der Waals surface area contributed by atoms with Crippen molar-refractivity contribution < 1.29 is 18.0 Å². The minimum atomic E-state index is -2.68. The molecule has 0 fully saturated rings. The number of pyridine rings is 1. The van der Waals surface area contributed by atoms with Gasteiger partial charge in [-0.2, -0.15) is 0 Å². The number of nitrogens with zero attached hydrogens (tertiary/aromatic N) is 3. The van der Waals surface area contributed by atoms with Crippen molar-refractivity contribution >= 4 is 11.9 Å². The number of aromatic nitrogens is 1. The van der Waals surface area contributed by atoms with Crippen LogP contribution >= 0.6 is 0 Å². The Morgan fingerprint density at radius 1 is 1.03 bits per heavy atom. The van der Waals surface area contributed by atoms with E-state index in [1.54, 1.807) is 30.3 Å². The van der Waals surface area contributed by atoms with Gasteiger partial charge in [0.25, 0.3) is 12.3 Å². The predicted octanol–water partition coefficient (Wildman–Crippen LogP) is 3.86. The maximum absolute atomic E-state index is 13.3. The van der Waals surface area contributed by atoms with E-state index in [0.717, 1.165) is 17.3 Å². The normalized spacial score (nSPS) is 18.8. The molecule has 2 N–H and O–H groups in total. The second kappa shape index (κ2) is 7.29. The fourth-order valence-corrected chi connectivity index (χ4v) is 3.46. The Balaban J connectivity index is 1.89. The summed E-state index contributed by atoms with van der Waals surface area (Å²) in [6, 6.07) is 15.5. The number of alkyl halides is 2. The van der Waals surface area contributed by atoms with Gasteiger partial charge < -0.3 is 5.73 Å². The van der Waals surface area contributed by atoms with Crippen molar-refractivity contribution in [3.05, 3.63) is 89.5 Å². The Labute approximate surface area is 170 Å². The van der Waals surface area contributed by atoms with Gasteiger partial charge in [0.05, 0.1) is 5.69 Å². The van der Waals surface area contributed by atoms with E-state index in [4.69, 9.17) is 5.73 Å². The second-order valence-electron chi connectivity index (χ2n) is 6.91. The maximum atomic E-state index is 13.3. The van der Waals surface area contributed by atoms with Crippen molar-refractivity contribution in [2.75, 3.05) is 7.05 Å². The van der Waals surface area contributed by atoms with Gasteiger partial charge in [-0.15, -0.1) is 0 Å². The van der Waals surface area contributed by atoms with Crippen LogP contribution in [0.4, 0.5) is 13.2 Å². The summed E-state index contributed by atoms with van der Waals surface area (Å²) in [5.41, 5.74) is 6.19. The summed E-state index contributed by atoms with van der Waals surface area (Å²) in [6.45, 7) is 0. The van der Waals surface area contributed by atoms with Gasteiger partial charge in [-0.25, -0.2) is 18.2 Å². The molecule has 1 aromatic heterocycles. The summed E-state index contributed by atoms with van der Waals surface area (Å²) < 4.78 is 39.2. The average Bonchev–Trinajstić information content (AvgIpc) is 2.99. The number of nitrogens with two attached hydrogens (primary N) is 1. The van der Waals surface area contributed by atoms with Gasteiger partial charge in [0.15, 0.2) is 5.96 Å². The van der Waals surface area contributed by atoms with E-state index >= 15 is 0 Å². The molecule has 4 rings (SSSR count). The Hall–Kier alpha value is -3.68. The Bertz CT molecular complexity index is 1130. The maximum Gasteiger partial charge on any atom is 0.267 e. The predicted molar refractivity (Wildman–Crippen MR) is 106 cm³/mol. The third-order valence-corrected chi connectivity index (χ3v) is 5.11. The van der Waals surface area contributed by atoms with Gasteiger partial charge >= 0.3 is 0 Å². The number of benzene rings is 2. The number of halogens is 3. The zero-order valence-corrected chi connectivity index (χ0v) is 15.9. The quantitative estimate of drug-likeness (QED) is 0.710. The van der Waals surface area contributed by atoms with Crippen molar-refractivity contribution in [2.24, 2.45) is 10.7 Å². The summed E-state index contributed by atoms with van der Waals surface area (Å²) in [4.78, 5) is 23.0. The minimum Gasteiger partial charge on any atom is -0.369 e. The van der Waals surface area contributed by atoms with E-state index < -0.39 is 17.9 Å². The summed E-state index contributed by atoms with van der Waals surface area (Å²) in [5, 5.41) is 0. The SMILES string of the molecule is CN1C(=O)C(c2cccc(-c3ccc(F)cc3)c2)(c2ccc(C(F)F)cn2)N=C1N. The first-order valence-corrected chi connectivity index (χ1v) is 9.07. The molecule has 30 heavy (non-hydrogen) atoms. The van der Waals surface area contributed by atoms with Crippen LogP contribution in [-0.4, -0.2) is 28.8 Å². The van der Waals surface area contributed by atoms with Crippen molar-refractivity contribution in [1.82, 2.24) is 9.88 Å². The van der Waals surface area contributed by atoms with Gasteiger partial charge in [0.1, 0.15) is 5.82 Å². The summed E-state index contributed by atoms with van der Waals surface area (Å²) in [7, 11) is 1.49. The Morgan fingerprint density at radius 3 is 2.33 bits per heavy atom. The molecule has 0 aliphatic carbocycles. The van der Waals surface area contributed by atoms with E-state index in [-0.39, 0.29) is 23.0 Å².